The number of nitrogens with one attached hydrogen (secondary N) is 1. The Kier molecular flexibility index (Phi) is 3.08. The lowest BCUT2D eigenvalue weighted by molar-refractivity contribution is 0.475. The van der Waals surface area contributed by atoms with Crippen LogP contribution in [-0.2, 0) is 10.0 Å². The molecule has 0 heterocycles. The Morgan fingerprint density at radius 3 is 2.43 bits per heavy atom. The molecule has 0 aliphatic rings. The van der Waals surface area contributed by atoms with Gasteiger partial charge in [-0.1, -0.05) is 0 Å². The van der Waals surface area contributed by atoms with Crippen LogP contribution in [0.15, 0.2) is 29.4 Å². The molecule has 0 aliphatic carbocycles. The summed E-state index contributed by atoms with van der Waals surface area (Å²) in [6.07, 6.45) is 2.36. The van der Waals surface area contributed by atoms with Gasteiger partial charge in [-0.15, -0.1) is 0 Å². The summed E-state index contributed by atoms with van der Waals surface area (Å²) >= 11 is 0. The van der Waals surface area contributed by atoms with Crippen LogP contribution in [0.25, 0.3) is 0 Å². The van der Waals surface area contributed by atoms with Crippen LogP contribution in [0.5, 0.6) is 5.75 Å². The molecule has 0 saturated carbocycles. The Labute approximate surface area is 82.1 Å². The predicted molar refractivity (Wildman–Crippen MR) is 53.7 cm³/mol. The number of phenols is 1. The van der Waals surface area contributed by atoms with Gasteiger partial charge in [0, 0.05) is 0 Å². The quantitative estimate of drug-likeness (QED) is 0.560. The summed E-state index contributed by atoms with van der Waals surface area (Å²) in [6, 6.07) is 6.20. The molecule has 14 heavy (non-hydrogen) atoms. The van der Waals surface area contributed by atoms with Gasteiger partial charge in [0.25, 0.3) is 0 Å². The van der Waals surface area contributed by atoms with Crippen molar-refractivity contribution in [3.05, 3.63) is 29.8 Å². The van der Waals surface area contributed by atoms with E-state index in [4.69, 9.17) is 5.11 Å². The molecule has 0 spiro atoms. The zero-order chi connectivity index (χ0) is 10.6. The molecule has 1 rings (SSSR count). The fourth-order valence-corrected chi connectivity index (χ4v) is 1.00. The van der Waals surface area contributed by atoms with E-state index in [1.54, 1.807) is 12.1 Å². The van der Waals surface area contributed by atoms with Gasteiger partial charge in [-0.05, 0) is 29.8 Å². The fourth-order valence-electron chi connectivity index (χ4n) is 0.757. The summed E-state index contributed by atoms with van der Waals surface area (Å²) in [5, 5.41) is 12.5. The number of hydrogen-bond donors (Lipinski definition) is 2. The lowest BCUT2D eigenvalue weighted by atomic mass is 10.2. The highest BCUT2D eigenvalue weighted by atomic mass is 32.2. The third kappa shape index (κ3) is 3.90. The minimum Gasteiger partial charge on any atom is -0.508 e. The number of aromatic hydroxyl groups is 1. The van der Waals surface area contributed by atoms with Crippen LogP contribution < -0.4 is 4.83 Å². The van der Waals surface area contributed by atoms with Gasteiger partial charge in [-0.25, -0.2) is 13.2 Å². The average Bonchev–Trinajstić information content (AvgIpc) is 2.06. The third-order valence-electron chi connectivity index (χ3n) is 1.33. The molecule has 0 atom stereocenters. The zero-order valence-electron chi connectivity index (χ0n) is 7.51. The fraction of sp³-hybridized carbons (Fsp3) is 0.125. The first-order chi connectivity index (χ1) is 6.47. The third-order valence-corrected chi connectivity index (χ3v) is 1.76. The largest absolute Gasteiger partial charge is 0.508 e. The van der Waals surface area contributed by atoms with Crippen molar-refractivity contribution < 1.29 is 13.5 Å². The van der Waals surface area contributed by atoms with E-state index in [0.717, 1.165) is 6.26 Å². The topological polar surface area (TPSA) is 78.8 Å². The van der Waals surface area contributed by atoms with Crippen LogP contribution >= 0.6 is 0 Å². The normalized spacial score (nSPS) is 11.8. The second kappa shape index (κ2) is 4.10. The second-order valence-electron chi connectivity index (χ2n) is 2.71. The maximum absolute atomic E-state index is 10.6. The van der Waals surface area contributed by atoms with Crippen LogP contribution in [0.2, 0.25) is 0 Å². The summed E-state index contributed by atoms with van der Waals surface area (Å²) in [6.45, 7) is 0. The SMILES string of the molecule is CS(=O)(=O)N/N=C/c1ccc(O)cc1. The predicted octanol–water partition coefficient (Wildman–Crippen LogP) is 0.275. The molecule has 0 saturated heterocycles. The van der Waals surface area contributed by atoms with Gasteiger partial charge in [-0.2, -0.15) is 5.10 Å². The molecule has 1 aromatic rings. The number of hydrogen-bond acceptors (Lipinski definition) is 4. The van der Waals surface area contributed by atoms with Gasteiger partial charge >= 0.3 is 0 Å². The molecule has 0 unspecified atom stereocenters. The first kappa shape index (κ1) is 10.5. The second-order valence-corrected chi connectivity index (χ2v) is 4.44. The average molecular weight is 214 g/mol. The van der Waals surface area contributed by atoms with Gasteiger partial charge in [0.15, 0.2) is 0 Å². The number of rotatable bonds is 3. The molecule has 0 fully saturated rings. The van der Waals surface area contributed by atoms with E-state index in [-0.39, 0.29) is 5.75 Å². The van der Waals surface area contributed by atoms with E-state index >= 15 is 0 Å². The number of hydrazone groups is 1. The molecule has 1 aromatic carbocycles. The first-order valence-corrected chi connectivity index (χ1v) is 5.65. The van der Waals surface area contributed by atoms with Crippen molar-refractivity contribution in [2.24, 2.45) is 5.10 Å². The summed E-state index contributed by atoms with van der Waals surface area (Å²) in [5.74, 6) is 0.151. The van der Waals surface area contributed by atoms with Crippen molar-refractivity contribution in [3.63, 3.8) is 0 Å². The van der Waals surface area contributed by atoms with Crippen molar-refractivity contribution in [2.75, 3.05) is 6.26 Å². The van der Waals surface area contributed by atoms with Crippen LogP contribution in [0.4, 0.5) is 0 Å². The summed E-state index contributed by atoms with van der Waals surface area (Å²) in [5.41, 5.74) is 0.693. The lowest BCUT2D eigenvalue weighted by Gasteiger charge is -1.95. The maximum Gasteiger partial charge on any atom is 0.244 e. The van der Waals surface area contributed by atoms with Crippen molar-refractivity contribution in [1.29, 1.82) is 0 Å². The van der Waals surface area contributed by atoms with E-state index in [9.17, 15) is 8.42 Å². The van der Waals surface area contributed by atoms with Gasteiger partial charge in [0.1, 0.15) is 5.75 Å². The molecule has 0 aromatic heterocycles. The highest BCUT2D eigenvalue weighted by molar-refractivity contribution is 7.88. The van der Waals surface area contributed by atoms with E-state index in [1.807, 2.05) is 4.83 Å². The molecule has 76 valence electrons. The number of sulfonamides is 1. The standard InChI is InChI=1S/C8H10N2O3S/c1-14(12,13)10-9-6-7-2-4-8(11)5-3-7/h2-6,10-11H,1H3/b9-6+. The molecule has 0 amide bonds. The maximum atomic E-state index is 10.6. The highest BCUT2D eigenvalue weighted by Crippen LogP contribution is 2.07. The molecule has 5 nitrogen and oxygen atoms in total. The minimum atomic E-state index is -3.30. The molecular formula is C8H10N2O3S. The Hall–Kier alpha value is -1.56. The van der Waals surface area contributed by atoms with E-state index in [1.165, 1.54) is 18.3 Å². The van der Waals surface area contributed by atoms with Crippen LogP contribution in [0.3, 0.4) is 0 Å². The number of benzene rings is 1. The van der Waals surface area contributed by atoms with E-state index < -0.39 is 10.0 Å². The van der Waals surface area contributed by atoms with Gasteiger partial charge in [-0.3, -0.25) is 0 Å². The van der Waals surface area contributed by atoms with Crippen LogP contribution in [0, 0.1) is 0 Å². The number of phenolic OH excluding ortho intramolecular Hbond substituents is 1. The first-order valence-electron chi connectivity index (χ1n) is 3.76. The van der Waals surface area contributed by atoms with Crippen molar-refractivity contribution >= 4 is 16.2 Å². The lowest BCUT2D eigenvalue weighted by Crippen LogP contribution is -2.15. The van der Waals surface area contributed by atoms with E-state index in [0.29, 0.717) is 5.56 Å². The smallest absolute Gasteiger partial charge is 0.244 e. The van der Waals surface area contributed by atoms with Crippen molar-refractivity contribution in [2.45, 2.75) is 0 Å². The van der Waals surface area contributed by atoms with E-state index in [2.05, 4.69) is 5.10 Å². The molecule has 2 N–H and O–H groups in total. The molecule has 0 radical (unpaired) electrons. The number of nitrogens with zero attached hydrogens (tertiary/aromatic N) is 1. The monoisotopic (exact) mass is 214 g/mol. The van der Waals surface area contributed by atoms with Gasteiger partial charge in [0.05, 0.1) is 12.5 Å². The van der Waals surface area contributed by atoms with Crippen molar-refractivity contribution in [3.8, 4) is 5.75 Å². The molecule has 0 aliphatic heterocycles. The Morgan fingerprint density at radius 2 is 1.93 bits per heavy atom. The minimum absolute atomic E-state index is 0.151. The summed E-state index contributed by atoms with van der Waals surface area (Å²) in [4.78, 5) is 1.96. The zero-order valence-corrected chi connectivity index (χ0v) is 8.32. The van der Waals surface area contributed by atoms with Gasteiger partial charge in [0.2, 0.25) is 10.0 Å². The summed E-state index contributed by atoms with van der Waals surface area (Å²) in [7, 11) is -3.30. The summed E-state index contributed by atoms with van der Waals surface area (Å²) < 4.78 is 21.2. The van der Waals surface area contributed by atoms with Gasteiger partial charge < -0.3 is 5.11 Å². The van der Waals surface area contributed by atoms with Crippen LogP contribution in [-0.4, -0.2) is 26.0 Å². The highest BCUT2D eigenvalue weighted by Gasteiger charge is 1.94. The van der Waals surface area contributed by atoms with Crippen molar-refractivity contribution in [1.82, 2.24) is 4.83 Å². The molecule has 6 heteroatoms. The molecular weight excluding hydrogens is 204 g/mol. The Morgan fingerprint density at radius 1 is 1.36 bits per heavy atom. The Bertz CT molecular complexity index is 422. The Balaban J connectivity index is 2.65. The molecule has 0 bridgehead atoms. The van der Waals surface area contributed by atoms with Crippen LogP contribution in [0.1, 0.15) is 5.56 Å².